The van der Waals surface area contributed by atoms with Crippen LogP contribution in [0.4, 0.5) is 0 Å². The molecule has 0 bridgehead atoms. The van der Waals surface area contributed by atoms with Crippen molar-refractivity contribution in [3.8, 4) is 28.0 Å². The Balaban J connectivity index is 1.22. The van der Waals surface area contributed by atoms with Crippen LogP contribution < -0.4 is 4.74 Å². The quantitative estimate of drug-likeness (QED) is 0.182. The summed E-state index contributed by atoms with van der Waals surface area (Å²) in [6, 6.07) is 45.1. The van der Waals surface area contributed by atoms with E-state index in [1.54, 1.807) is 0 Å². The van der Waals surface area contributed by atoms with Gasteiger partial charge in [0.1, 0.15) is 11.9 Å². The average Bonchev–Trinajstić information content (AvgIpc) is 3.70. The monoisotopic (exact) mass is 606 g/mol. The van der Waals surface area contributed by atoms with Crippen LogP contribution in [0.3, 0.4) is 0 Å². The zero-order valence-electron chi connectivity index (χ0n) is 25.2. The largest absolute Gasteiger partial charge is 0.489 e. The van der Waals surface area contributed by atoms with Crippen LogP contribution in [0.5, 0.6) is 5.75 Å². The van der Waals surface area contributed by atoms with Gasteiger partial charge in [-0.15, -0.1) is 11.3 Å². The van der Waals surface area contributed by atoms with Gasteiger partial charge in [0.15, 0.2) is 0 Å². The number of hydrogen-bond donors (Lipinski definition) is 0. The minimum Gasteiger partial charge on any atom is -0.489 e. The van der Waals surface area contributed by atoms with Gasteiger partial charge in [-0.2, -0.15) is 0 Å². The fraction of sp³-hybridized carbons (Fsp3) is 0.0909. The Morgan fingerprint density at radius 1 is 0.587 bits per heavy atom. The molecule has 0 saturated heterocycles. The molecule has 7 aromatic carbocycles. The molecular formula is C44H30OS. The number of fused-ring (bicyclic) bond motifs is 7. The maximum Gasteiger partial charge on any atom is 0.124 e. The molecule has 2 aliphatic rings. The number of ether oxygens (including phenoxy) is 1. The maximum atomic E-state index is 6.58. The highest BCUT2D eigenvalue weighted by Crippen LogP contribution is 2.49. The van der Waals surface area contributed by atoms with E-state index in [9.17, 15) is 0 Å². The third kappa shape index (κ3) is 3.93. The molecule has 10 rings (SSSR count). The van der Waals surface area contributed by atoms with E-state index in [1.807, 2.05) is 11.3 Å². The van der Waals surface area contributed by atoms with Crippen LogP contribution >= 0.6 is 11.3 Å². The van der Waals surface area contributed by atoms with E-state index in [-0.39, 0.29) is 6.10 Å². The molecule has 2 atom stereocenters. The highest BCUT2D eigenvalue weighted by molar-refractivity contribution is 7.26. The van der Waals surface area contributed by atoms with Crippen LogP contribution in [0.2, 0.25) is 0 Å². The summed E-state index contributed by atoms with van der Waals surface area (Å²) in [4.78, 5) is 0. The van der Waals surface area contributed by atoms with Crippen molar-refractivity contribution < 1.29 is 4.74 Å². The van der Waals surface area contributed by atoms with Gasteiger partial charge in [-0.25, -0.2) is 0 Å². The first-order chi connectivity index (χ1) is 22.8. The van der Waals surface area contributed by atoms with E-state index < -0.39 is 0 Å². The number of benzene rings is 7. The molecule has 0 fully saturated rings. The Hall–Kier alpha value is -5.18. The second kappa shape index (κ2) is 10.2. The van der Waals surface area contributed by atoms with Gasteiger partial charge in [0, 0.05) is 32.5 Å². The van der Waals surface area contributed by atoms with Crippen molar-refractivity contribution in [2.75, 3.05) is 0 Å². The Morgan fingerprint density at radius 3 is 2.09 bits per heavy atom. The topological polar surface area (TPSA) is 9.23 Å². The minimum absolute atomic E-state index is 0.203. The van der Waals surface area contributed by atoms with E-state index >= 15 is 0 Å². The van der Waals surface area contributed by atoms with Crippen molar-refractivity contribution in [3.63, 3.8) is 0 Å². The van der Waals surface area contributed by atoms with Crippen LogP contribution in [0.1, 0.15) is 12.0 Å². The third-order valence-corrected chi connectivity index (χ3v) is 11.2. The smallest absolute Gasteiger partial charge is 0.124 e. The summed E-state index contributed by atoms with van der Waals surface area (Å²) in [6.45, 7) is 0. The minimum atomic E-state index is 0.203. The van der Waals surface area contributed by atoms with Crippen LogP contribution in [0.15, 0.2) is 146 Å². The van der Waals surface area contributed by atoms with Gasteiger partial charge in [0.2, 0.25) is 0 Å². The van der Waals surface area contributed by atoms with E-state index in [0.717, 1.165) is 18.6 Å². The molecule has 1 aromatic heterocycles. The Kier molecular flexibility index (Phi) is 5.76. The van der Waals surface area contributed by atoms with E-state index in [0.29, 0.717) is 5.92 Å². The molecule has 218 valence electrons. The molecule has 0 N–H and O–H groups in total. The molecule has 0 spiro atoms. The number of thiophene rings is 1. The van der Waals surface area contributed by atoms with Gasteiger partial charge in [-0.1, -0.05) is 121 Å². The lowest BCUT2D eigenvalue weighted by atomic mass is 9.84. The van der Waals surface area contributed by atoms with Gasteiger partial charge in [0.05, 0.1) is 0 Å². The summed E-state index contributed by atoms with van der Waals surface area (Å²) >= 11 is 1.88. The van der Waals surface area contributed by atoms with Crippen molar-refractivity contribution >= 4 is 63.8 Å². The normalized spacial score (nSPS) is 17.4. The summed E-state index contributed by atoms with van der Waals surface area (Å²) in [5.41, 5.74) is 6.50. The highest BCUT2D eigenvalue weighted by atomic mass is 32.1. The molecule has 2 heteroatoms. The van der Waals surface area contributed by atoms with Gasteiger partial charge in [0.25, 0.3) is 0 Å². The molecule has 8 aromatic rings. The van der Waals surface area contributed by atoms with Gasteiger partial charge >= 0.3 is 0 Å². The number of rotatable bonds is 3. The number of allylic oxidation sites excluding steroid dienone is 3. The Labute approximate surface area is 271 Å². The van der Waals surface area contributed by atoms with Gasteiger partial charge < -0.3 is 4.74 Å². The fourth-order valence-electron chi connectivity index (χ4n) is 7.99. The van der Waals surface area contributed by atoms with Crippen molar-refractivity contribution in [2.45, 2.75) is 18.9 Å². The molecule has 2 unspecified atom stereocenters. The molecule has 2 heterocycles. The first-order valence-electron chi connectivity index (χ1n) is 16.2. The van der Waals surface area contributed by atoms with Crippen molar-refractivity contribution in [3.05, 3.63) is 151 Å². The fourth-order valence-corrected chi connectivity index (χ4v) is 9.13. The molecular weight excluding hydrogens is 577 g/mol. The molecule has 0 radical (unpaired) electrons. The van der Waals surface area contributed by atoms with E-state index in [2.05, 4.69) is 146 Å². The summed E-state index contributed by atoms with van der Waals surface area (Å²) in [5.74, 6) is 1.49. The second-order valence-electron chi connectivity index (χ2n) is 12.7. The average molecular weight is 607 g/mol. The number of hydrogen-bond acceptors (Lipinski definition) is 2. The lowest BCUT2D eigenvalue weighted by Gasteiger charge is -2.20. The summed E-state index contributed by atoms with van der Waals surface area (Å²) in [5, 5.41) is 10.4. The van der Waals surface area contributed by atoms with Crippen LogP contribution in [0.25, 0.3) is 74.7 Å². The van der Waals surface area contributed by atoms with Crippen LogP contribution in [-0.2, 0) is 6.42 Å². The Bertz CT molecular complexity index is 2530. The zero-order valence-corrected chi connectivity index (χ0v) is 26.1. The van der Waals surface area contributed by atoms with Crippen LogP contribution in [-0.4, -0.2) is 6.10 Å². The zero-order chi connectivity index (χ0) is 30.2. The van der Waals surface area contributed by atoms with E-state index in [1.165, 1.54) is 80.3 Å². The van der Waals surface area contributed by atoms with Crippen LogP contribution in [0, 0.1) is 5.92 Å². The standard InChI is InChI=1S/C44H30OS/c1-2-12-28(13-3-1)38-25-31-24-37-41(26-39(31)45-38)46-40-20-10-19-36(44(37)40)43-34-17-8-6-15-32(34)42(33-16-7-9-18-35(33)43)30-22-21-27-11-4-5-14-29(27)23-30/h1-12,14-24,26,28,38H,13,25H2. The predicted molar refractivity (Wildman–Crippen MR) is 197 cm³/mol. The lowest BCUT2D eigenvalue weighted by molar-refractivity contribution is 0.184. The second-order valence-corrected chi connectivity index (χ2v) is 13.8. The SMILES string of the molecule is C1=CCC(C2Cc3cc4c(cc3O2)sc2cccc(-c3c5ccccc5c(-c5ccc6ccccc6c5)c5ccccc35)c24)C=C1. The van der Waals surface area contributed by atoms with Crippen molar-refractivity contribution in [1.82, 2.24) is 0 Å². The van der Waals surface area contributed by atoms with Crippen molar-refractivity contribution in [2.24, 2.45) is 5.92 Å². The molecule has 0 saturated carbocycles. The first kappa shape index (κ1) is 26.1. The summed E-state index contributed by atoms with van der Waals surface area (Å²) in [7, 11) is 0. The predicted octanol–water partition coefficient (Wildman–Crippen LogP) is 12.3. The maximum absolute atomic E-state index is 6.58. The molecule has 1 aliphatic carbocycles. The molecule has 0 amide bonds. The van der Waals surface area contributed by atoms with Gasteiger partial charge in [-0.05, 0) is 90.8 Å². The summed E-state index contributed by atoms with van der Waals surface area (Å²) in [6.07, 6.45) is 11.1. The molecule has 1 nitrogen and oxygen atoms in total. The van der Waals surface area contributed by atoms with Crippen molar-refractivity contribution in [1.29, 1.82) is 0 Å². The molecule has 1 aliphatic heterocycles. The Morgan fingerprint density at radius 2 is 1.33 bits per heavy atom. The molecule has 46 heavy (non-hydrogen) atoms. The lowest BCUT2D eigenvalue weighted by Crippen LogP contribution is -2.23. The first-order valence-corrected chi connectivity index (χ1v) is 17.0. The van der Waals surface area contributed by atoms with E-state index in [4.69, 9.17) is 4.74 Å². The third-order valence-electron chi connectivity index (χ3n) is 10.1. The summed E-state index contributed by atoms with van der Waals surface area (Å²) < 4.78 is 9.20. The van der Waals surface area contributed by atoms with Gasteiger partial charge in [-0.3, -0.25) is 0 Å². The highest BCUT2D eigenvalue weighted by Gasteiger charge is 2.30.